The molecule has 4 rings (SSSR count). The summed E-state index contributed by atoms with van der Waals surface area (Å²) in [6, 6.07) is 9.71. The number of nitrogens with one attached hydrogen (secondary N) is 1. The summed E-state index contributed by atoms with van der Waals surface area (Å²) < 4.78 is 0.547. The highest BCUT2D eigenvalue weighted by atomic mass is 32.1. The Bertz CT molecular complexity index is 1200. The van der Waals surface area contributed by atoms with Gasteiger partial charge in [0.05, 0.1) is 26.3 Å². The maximum absolute atomic E-state index is 13.2. The van der Waals surface area contributed by atoms with E-state index in [0.29, 0.717) is 16.6 Å². The van der Waals surface area contributed by atoms with E-state index < -0.39 is 28.7 Å². The SMILES string of the molecule is CCC(C)C(C(=O)Nc1nc2ccc([N+](=O)[O-])cc2s1)N1C(=O)c2ccccc2C1=O. The van der Waals surface area contributed by atoms with Gasteiger partial charge in [0, 0.05) is 12.1 Å². The van der Waals surface area contributed by atoms with Gasteiger partial charge in [0.25, 0.3) is 17.5 Å². The zero-order valence-electron chi connectivity index (χ0n) is 16.7. The van der Waals surface area contributed by atoms with Crippen molar-refractivity contribution < 1.29 is 19.3 Å². The number of nitrogens with zero attached hydrogens (tertiary/aromatic N) is 3. The van der Waals surface area contributed by atoms with Crippen molar-refractivity contribution in [3.05, 3.63) is 63.7 Å². The molecule has 0 bridgehead atoms. The number of rotatable bonds is 6. The third kappa shape index (κ3) is 3.55. The maximum Gasteiger partial charge on any atom is 0.270 e. The molecule has 0 radical (unpaired) electrons. The number of hydrogen-bond acceptors (Lipinski definition) is 7. The van der Waals surface area contributed by atoms with Crippen LogP contribution in [-0.2, 0) is 4.79 Å². The fourth-order valence-corrected chi connectivity index (χ4v) is 4.48. The molecule has 0 saturated carbocycles. The summed E-state index contributed by atoms with van der Waals surface area (Å²) in [4.78, 5) is 54.8. The van der Waals surface area contributed by atoms with Gasteiger partial charge in [-0.3, -0.25) is 29.4 Å². The van der Waals surface area contributed by atoms with E-state index in [1.165, 1.54) is 18.2 Å². The highest BCUT2D eigenvalue weighted by Crippen LogP contribution is 2.31. The van der Waals surface area contributed by atoms with Gasteiger partial charge in [0.2, 0.25) is 5.91 Å². The fourth-order valence-electron chi connectivity index (χ4n) is 3.57. The van der Waals surface area contributed by atoms with Gasteiger partial charge in [0.1, 0.15) is 6.04 Å². The third-order valence-corrected chi connectivity index (χ3v) is 6.30. The monoisotopic (exact) mass is 438 g/mol. The summed E-state index contributed by atoms with van der Waals surface area (Å²) in [5.74, 6) is -1.82. The van der Waals surface area contributed by atoms with Crippen molar-refractivity contribution in [2.45, 2.75) is 26.3 Å². The van der Waals surface area contributed by atoms with Gasteiger partial charge in [-0.15, -0.1) is 0 Å². The van der Waals surface area contributed by atoms with Gasteiger partial charge in [-0.1, -0.05) is 43.7 Å². The Morgan fingerprint density at radius 3 is 2.42 bits per heavy atom. The summed E-state index contributed by atoms with van der Waals surface area (Å²) >= 11 is 1.09. The lowest BCUT2D eigenvalue weighted by atomic mass is 9.96. The Balaban J connectivity index is 1.64. The van der Waals surface area contributed by atoms with Crippen molar-refractivity contribution in [3.63, 3.8) is 0 Å². The van der Waals surface area contributed by atoms with E-state index in [1.807, 2.05) is 6.92 Å². The number of amides is 3. The molecule has 3 amide bonds. The second-order valence-corrected chi connectivity index (χ2v) is 8.30. The van der Waals surface area contributed by atoms with Crippen molar-refractivity contribution in [2.24, 2.45) is 5.92 Å². The molecule has 1 aliphatic heterocycles. The van der Waals surface area contributed by atoms with E-state index in [9.17, 15) is 24.5 Å². The average Bonchev–Trinajstić information content (AvgIpc) is 3.27. The number of carbonyl (C=O) groups excluding carboxylic acids is 3. The number of hydrogen-bond donors (Lipinski definition) is 1. The van der Waals surface area contributed by atoms with E-state index in [0.717, 1.165) is 16.2 Å². The van der Waals surface area contributed by atoms with Crippen LogP contribution in [0.5, 0.6) is 0 Å². The summed E-state index contributed by atoms with van der Waals surface area (Å²) in [6.45, 7) is 3.68. The van der Waals surface area contributed by atoms with Crippen LogP contribution >= 0.6 is 11.3 Å². The van der Waals surface area contributed by atoms with Crippen LogP contribution in [-0.4, -0.2) is 38.6 Å². The van der Waals surface area contributed by atoms with Crippen LogP contribution in [0.4, 0.5) is 10.8 Å². The van der Waals surface area contributed by atoms with Gasteiger partial charge in [-0.25, -0.2) is 4.98 Å². The number of nitro groups is 1. The molecule has 10 heteroatoms. The molecule has 2 atom stereocenters. The fraction of sp³-hybridized carbons (Fsp3) is 0.238. The first-order valence-corrected chi connectivity index (χ1v) is 10.5. The topological polar surface area (TPSA) is 123 Å². The number of thiazole rings is 1. The molecule has 1 N–H and O–H groups in total. The zero-order chi connectivity index (χ0) is 22.3. The van der Waals surface area contributed by atoms with Gasteiger partial charge in [0.15, 0.2) is 5.13 Å². The molecule has 2 unspecified atom stereocenters. The second kappa shape index (κ2) is 7.88. The maximum atomic E-state index is 13.2. The highest BCUT2D eigenvalue weighted by Gasteiger charge is 2.44. The minimum Gasteiger partial charge on any atom is -0.300 e. The number of anilines is 1. The smallest absolute Gasteiger partial charge is 0.270 e. The molecule has 0 saturated heterocycles. The predicted molar refractivity (Wildman–Crippen MR) is 115 cm³/mol. The minimum atomic E-state index is -1.02. The Labute approximate surface area is 180 Å². The van der Waals surface area contributed by atoms with Crippen molar-refractivity contribution in [1.29, 1.82) is 0 Å². The largest absolute Gasteiger partial charge is 0.300 e. The number of aromatic nitrogens is 1. The molecule has 31 heavy (non-hydrogen) atoms. The number of benzene rings is 2. The van der Waals surface area contributed by atoms with Crippen LogP contribution in [0.3, 0.4) is 0 Å². The van der Waals surface area contributed by atoms with E-state index >= 15 is 0 Å². The number of nitro benzene ring substituents is 1. The van der Waals surface area contributed by atoms with Crippen LogP contribution in [0, 0.1) is 16.0 Å². The summed E-state index contributed by atoms with van der Waals surface area (Å²) in [6.07, 6.45) is 0.567. The van der Waals surface area contributed by atoms with E-state index in [2.05, 4.69) is 10.3 Å². The quantitative estimate of drug-likeness (QED) is 0.354. The standard InChI is InChI=1S/C21H18N4O5S/c1-3-11(2)17(24-19(27)13-6-4-5-7-14(13)20(24)28)18(26)23-21-22-15-9-8-12(25(29)30)10-16(15)31-21/h4-11,17H,3H2,1-2H3,(H,22,23,26). The van der Waals surface area contributed by atoms with Crippen molar-refractivity contribution in [3.8, 4) is 0 Å². The van der Waals surface area contributed by atoms with Crippen LogP contribution < -0.4 is 5.32 Å². The van der Waals surface area contributed by atoms with Gasteiger partial charge in [-0.2, -0.15) is 0 Å². The summed E-state index contributed by atoms with van der Waals surface area (Å²) in [7, 11) is 0. The van der Waals surface area contributed by atoms with E-state index in [1.54, 1.807) is 31.2 Å². The molecule has 9 nitrogen and oxygen atoms in total. The molecule has 2 aromatic carbocycles. The molecule has 0 spiro atoms. The lowest BCUT2D eigenvalue weighted by molar-refractivity contribution is -0.384. The van der Waals surface area contributed by atoms with Crippen LogP contribution in [0.25, 0.3) is 10.2 Å². The molecule has 158 valence electrons. The number of imide groups is 1. The Morgan fingerprint density at radius 1 is 1.19 bits per heavy atom. The van der Waals surface area contributed by atoms with E-state index in [-0.39, 0.29) is 27.9 Å². The zero-order valence-corrected chi connectivity index (χ0v) is 17.5. The van der Waals surface area contributed by atoms with E-state index in [4.69, 9.17) is 0 Å². The summed E-state index contributed by atoms with van der Waals surface area (Å²) in [5, 5.41) is 13.9. The third-order valence-electron chi connectivity index (χ3n) is 5.37. The Kier molecular flexibility index (Phi) is 5.24. The summed E-state index contributed by atoms with van der Waals surface area (Å²) in [5.41, 5.74) is 0.992. The molecule has 2 heterocycles. The predicted octanol–water partition coefficient (Wildman–Crippen LogP) is 3.85. The lowest BCUT2D eigenvalue weighted by Gasteiger charge is -2.29. The number of non-ortho nitro benzene ring substituents is 1. The van der Waals surface area contributed by atoms with Crippen LogP contribution in [0.2, 0.25) is 0 Å². The number of fused-ring (bicyclic) bond motifs is 2. The van der Waals surface area contributed by atoms with Crippen molar-refractivity contribution >= 4 is 50.1 Å². The second-order valence-electron chi connectivity index (χ2n) is 7.27. The Morgan fingerprint density at radius 2 is 1.84 bits per heavy atom. The molecular formula is C21H18N4O5S. The average molecular weight is 438 g/mol. The normalized spacial score (nSPS) is 15.1. The molecule has 0 aliphatic carbocycles. The minimum absolute atomic E-state index is 0.0717. The first-order chi connectivity index (χ1) is 14.8. The van der Waals surface area contributed by atoms with Gasteiger partial charge < -0.3 is 5.32 Å². The van der Waals surface area contributed by atoms with Crippen LogP contribution in [0.15, 0.2) is 42.5 Å². The first kappa shape index (κ1) is 20.6. The molecule has 0 fully saturated rings. The lowest BCUT2D eigenvalue weighted by Crippen LogP contribution is -2.50. The van der Waals surface area contributed by atoms with Crippen molar-refractivity contribution in [1.82, 2.24) is 9.88 Å². The molecule has 1 aromatic heterocycles. The highest BCUT2D eigenvalue weighted by molar-refractivity contribution is 7.22. The first-order valence-electron chi connectivity index (χ1n) is 9.64. The molecule has 1 aliphatic rings. The molecular weight excluding hydrogens is 420 g/mol. The van der Waals surface area contributed by atoms with Gasteiger partial charge >= 0.3 is 0 Å². The molecule has 3 aromatic rings. The van der Waals surface area contributed by atoms with Crippen LogP contribution in [0.1, 0.15) is 41.0 Å². The van der Waals surface area contributed by atoms with Crippen molar-refractivity contribution in [2.75, 3.05) is 5.32 Å². The van der Waals surface area contributed by atoms with Gasteiger partial charge in [-0.05, 0) is 24.1 Å². The Hall–Kier alpha value is -3.66. The number of carbonyl (C=O) groups is 3.